The number of carbonyl (C=O) groups excluding carboxylic acids is 1. The van der Waals surface area contributed by atoms with E-state index >= 15 is 0 Å². The summed E-state index contributed by atoms with van der Waals surface area (Å²) in [6.07, 6.45) is 1.14. The van der Waals surface area contributed by atoms with Crippen molar-refractivity contribution in [2.45, 2.75) is 18.9 Å². The number of nitrogens with one attached hydrogen (secondary N) is 1. The molecule has 8 nitrogen and oxygen atoms in total. The summed E-state index contributed by atoms with van der Waals surface area (Å²) in [5, 5.41) is 0.506. The lowest BCUT2D eigenvalue weighted by Crippen LogP contribution is -2.45. The van der Waals surface area contributed by atoms with E-state index in [-0.39, 0.29) is 17.5 Å². The van der Waals surface area contributed by atoms with Crippen molar-refractivity contribution in [3.63, 3.8) is 0 Å². The molecule has 0 spiro atoms. The molecule has 2 aliphatic heterocycles. The van der Waals surface area contributed by atoms with E-state index < -0.39 is 5.69 Å². The summed E-state index contributed by atoms with van der Waals surface area (Å²) >= 11 is 0. The van der Waals surface area contributed by atoms with Crippen LogP contribution in [0.15, 0.2) is 58.1 Å². The molecule has 2 aliphatic rings. The highest BCUT2D eigenvalue weighted by Crippen LogP contribution is 2.23. The fourth-order valence-electron chi connectivity index (χ4n) is 4.65. The Morgan fingerprint density at radius 1 is 0.906 bits per heavy atom. The Bertz CT molecular complexity index is 1230. The van der Waals surface area contributed by atoms with E-state index in [0.717, 1.165) is 32.0 Å². The molecular formula is C24H26N4O4. The van der Waals surface area contributed by atoms with Crippen LogP contribution in [0.5, 0.6) is 0 Å². The predicted octanol–water partition coefficient (Wildman–Crippen LogP) is 2.00. The fourth-order valence-corrected chi connectivity index (χ4v) is 4.65. The third-order valence-electron chi connectivity index (χ3n) is 6.44. The largest absolute Gasteiger partial charge is 0.378 e. The van der Waals surface area contributed by atoms with Crippen molar-refractivity contribution in [1.82, 2.24) is 14.5 Å². The van der Waals surface area contributed by atoms with Crippen LogP contribution in [0, 0.1) is 0 Å². The van der Waals surface area contributed by atoms with Crippen LogP contribution >= 0.6 is 0 Å². The van der Waals surface area contributed by atoms with Crippen LogP contribution in [-0.4, -0.2) is 59.8 Å². The number of H-pyrrole nitrogens is 1. The molecule has 0 aliphatic carbocycles. The summed E-state index contributed by atoms with van der Waals surface area (Å²) in [6.45, 7) is 4.17. The molecule has 1 amide bonds. The normalized spacial score (nSPS) is 17.6. The van der Waals surface area contributed by atoms with Gasteiger partial charge in [-0.3, -0.25) is 14.2 Å². The van der Waals surface area contributed by atoms with Gasteiger partial charge in [0.15, 0.2) is 0 Å². The van der Waals surface area contributed by atoms with Crippen LogP contribution in [0.3, 0.4) is 0 Å². The molecule has 2 fully saturated rings. The van der Waals surface area contributed by atoms with Gasteiger partial charge in [-0.1, -0.05) is 12.1 Å². The number of aromatic amines is 1. The molecule has 2 aromatic carbocycles. The summed E-state index contributed by atoms with van der Waals surface area (Å²) in [4.78, 5) is 45.3. The molecule has 5 rings (SSSR count). The second-order valence-electron chi connectivity index (χ2n) is 8.32. The van der Waals surface area contributed by atoms with Gasteiger partial charge in [0.25, 0.3) is 11.5 Å². The van der Waals surface area contributed by atoms with Gasteiger partial charge in [-0.15, -0.1) is 0 Å². The molecule has 166 valence electrons. The third-order valence-corrected chi connectivity index (χ3v) is 6.44. The summed E-state index contributed by atoms with van der Waals surface area (Å²) < 4.78 is 6.71. The van der Waals surface area contributed by atoms with Gasteiger partial charge in [0, 0.05) is 43.5 Å². The SMILES string of the molecule is O=C(c1ccc(N2CCOCC2)cc1)N1CCC(n2c(=O)[nH]c3ccccc3c2=O)CC1. The average molecular weight is 434 g/mol. The molecule has 32 heavy (non-hydrogen) atoms. The van der Waals surface area contributed by atoms with Crippen molar-refractivity contribution in [3.8, 4) is 0 Å². The number of likely N-dealkylation sites (tertiary alicyclic amines) is 1. The van der Waals surface area contributed by atoms with Crippen molar-refractivity contribution in [1.29, 1.82) is 0 Å². The Morgan fingerprint density at radius 3 is 2.31 bits per heavy atom. The number of hydrogen-bond acceptors (Lipinski definition) is 5. The topological polar surface area (TPSA) is 87.6 Å². The first kappa shape index (κ1) is 20.5. The highest BCUT2D eigenvalue weighted by atomic mass is 16.5. The summed E-state index contributed by atoms with van der Waals surface area (Å²) in [7, 11) is 0. The maximum Gasteiger partial charge on any atom is 0.329 e. The van der Waals surface area contributed by atoms with Crippen LogP contribution in [0.2, 0.25) is 0 Å². The first-order chi connectivity index (χ1) is 15.6. The Labute approximate surface area is 185 Å². The molecular weight excluding hydrogens is 408 g/mol. The summed E-state index contributed by atoms with van der Waals surface area (Å²) in [6, 6.07) is 14.5. The second-order valence-corrected chi connectivity index (χ2v) is 8.32. The van der Waals surface area contributed by atoms with E-state index in [9.17, 15) is 14.4 Å². The molecule has 1 aromatic heterocycles. The highest BCUT2D eigenvalue weighted by molar-refractivity contribution is 5.94. The van der Waals surface area contributed by atoms with E-state index in [1.54, 1.807) is 29.2 Å². The fraction of sp³-hybridized carbons (Fsp3) is 0.375. The number of fused-ring (bicyclic) bond motifs is 1. The predicted molar refractivity (Wildman–Crippen MR) is 122 cm³/mol. The van der Waals surface area contributed by atoms with Gasteiger partial charge in [0.05, 0.1) is 24.1 Å². The van der Waals surface area contributed by atoms with Crippen LogP contribution in [0.25, 0.3) is 10.9 Å². The van der Waals surface area contributed by atoms with E-state index in [0.29, 0.717) is 42.4 Å². The number of carbonyl (C=O) groups is 1. The molecule has 0 bridgehead atoms. The zero-order chi connectivity index (χ0) is 22.1. The first-order valence-electron chi connectivity index (χ1n) is 11.1. The molecule has 0 atom stereocenters. The summed E-state index contributed by atoms with van der Waals surface area (Å²) in [5.74, 6) is -0.0169. The number of amides is 1. The smallest absolute Gasteiger partial charge is 0.329 e. The number of piperidine rings is 1. The zero-order valence-electron chi connectivity index (χ0n) is 17.8. The van der Waals surface area contributed by atoms with Crippen LogP contribution in [-0.2, 0) is 4.74 Å². The zero-order valence-corrected chi connectivity index (χ0v) is 17.8. The van der Waals surface area contributed by atoms with Gasteiger partial charge in [-0.25, -0.2) is 4.79 Å². The Morgan fingerprint density at radius 2 is 1.59 bits per heavy atom. The number of ether oxygens (including phenoxy) is 1. The van der Waals surface area contributed by atoms with E-state index in [2.05, 4.69) is 9.88 Å². The van der Waals surface area contributed by atoms with Gasteiger partial charge >= 0.3 is 5.69 Å². The Hall–Kier alpha value is -3.39. The number of benzene rings is 2. The number of nitrogens with zero attached hydrogens (tertiary/aromatic N) is 3. The van der Waals surface area contributed by atoms with Crippen LogP contribution < -0.4 is 16.1 Å². The van der Waals surface area contributed by atoms with E-state index in [1.165, 1.54) is 4.57 Å². The van der Waals surface area contributed by atoms with Crippen molar-refractivity contribution in [2.75, 3.05) is 44.3 Å². The molecule has 2 saturated heterocycles. The van der Waals surface area contributed by atoms with Crippen LogP contribution in [0.1, 0.15) is 29.2 Å². The molecule has 1 N–H and O–H groups in total. The summed E-state index contributed by atoms with van der Waals surface area (Å²) in [5.41, 5.74) is 1.64. The number of rotatable bonds is 3. The first-order valence-corrected chi connectivity index (χ1v) is 11.1. The lowest BCUT2D eigenvalue weighted by atomic mass is 10.0. The van der Waals surface area contributed by atoms with E-state index in [1.807, 2.05) is 24.3 Å². The number of morpholine rings is 1. The molecule has 3 heterocycles. The monoisotopic (exact) mass is 434 g/mol. The van der Waals surface area contributed by atoms with Crippen molar-refractivity contribution < 1.29 is 9.53 Å². The van der Waals surface area contributed by atoms with Crippen molar-refractivity contribution >= 4 is 22.5 Å². The molecule has 8 heteroatoms. The standard InChI is InChI=1S/C24H26N4O4/c29-22(17-5-7-18(8-6-17)26-13-15-32-16-14-26)27-11-9-19(10-12-27)28-23(30)20-3-1-2-4-21(20)25-24(28)31/h1-8,19H,9-16H2,(H,25,31). The Balaban J connectivity index is 1.28. The van der Waals surface area contributed by atoms with Gasteiger partial charge in [-0.05, 0) is 49.2 Å². The lowest BCUT2D eigenvalue weighted by molar-refractivity contribution is 0.0692. The minimum absolute atomic E-state index is 0.0169. The molecule has 3 aromatic rings. The van der Waals surface area contributed by atoms with Gasteiger partial charge in [-0.2, -0.15) is 0 Å². The third kappa shape index (κ3) is 3.82. The Kier molecular flexibility index (Phi) is 5.53. The minimum atomic E-state index is -0.392. The molecule has 0 unspecified atom stereocenters. The number of aromatic nitrogens is 2. The van der Waals surface area contributed by atoms with Gasteiger partial charge < -0.3 is 19.5 Å². The van der Waals surface area contributed by atoms with Gasteiger partial charge in [0.1, 0.15) is 0 Å². The average Bonchev–Trinajstić information content (AvgIpc) is 2.85. The van der Waals surface area contributed by atoms with Crippen molar-refractivity contribution in [2.24, 2.45) is 0 Å². The van der Waals surface area contributed by atoms with Gasteiger partial charge in [0.2, 0.25) is 0 Å². The van der Waals surface area contributed by atoms with Crippen molar-refractivity contribution in [3.05, 3.63) is 74.9 Å². The maximum atomic E-state index is 13.0. The lowest BCUT2D eigenvalue weighted by Gasteiger charge is -2.33. The number of hydrogen-bond donors (Lipinski definition) is 1. The minimum Gasteiger partial charge on any atom is -0.378 e. The van der Waals surface area contributed by atoms with E-state index in [4.69, 9.17) is 4.74 Å². The number of anilines is 1. The second kappa shape index (κ2) is 8.63. The molecule has 0 saturated carbocycles. The quantitative estimate of drug-likeness (QED) is 0.681. The number of para-hydroxylation sites is 1. The highest BCUT2D eigenvalue weighted by Gasteiger charge is 2.27. The molecule has 0 radical (unpaired) electrons. The van der Waals surface area contributed by atoms with Crippen LogP contribution in [0.4, 0.5) is 5.69 Å². The maximum absolute atomic E-state index is 13.0.